The lowest BCUT2D eigenvalue weighted by atomic mass is 9.60. The molecule has 0 aromatic carbocycles. The number of aliphatic hydroxyl groups excluding tert-OH is 1. The maximum absolute atomic E-state index is 10.6. The molecule has 0 saturated heterocycles. The van der Waals surface area contributed by atoms with E-state index >= 15 is 0 Å². The molecular formula is C31H64O3Si2. The molecule has 0 aromatic rings. The van der Waals surface area contributed by atoms with Gasteiger partial charge in [0, 0.05) is 12.7 Å². The summed E-state index contributed by atoms with van der Waals surface area (Å²) < 4.78 is 14.1. The highest BCUT2D eigenvalue weighted by Gasteiger charge is 2.54. The summed E-state index contributed by atoms with van der Waals surface area (Å²) in [4.78, 5) is 0. The quantitative estimate of drug-likeness (QED) is 0.198. The Hall–Kier alpha value is 0.314. The predicted octanol–water partition coefficient (Wildman–Crippen LogP) is 9.42. The van der Waals surface area contributed by atoms with Crippen LogP contribution in [0, 0.1) is 29.1 Å². The van der Waals surface area contributed by atoms with Crippen molar-refractivity contribution < 1.29 is 14.0 Å². The molecule has 0 amide bonds. The molecule has 0 spiro atoms. The first-order valence-electron chi connectivity index (χ1n) is 15.9. The number of fused-ring (bicyclic) bond motifs is 1. The SMILES string of the molecule is CC[Si](CC)(CC)O[C@H]1CCC[C@]2(C)C([C@@H](C)C(CO)CCC(C)(C)O[Si](CC)(CC)CC)CCC12. The van der Waals surface area contributed by atoms with E-state index in [1.807, 2.05) is 0 Å². The molecule has 0 heterocycles. The Morgan fingerprint density at radius 3 is 1.94 bits per heavy atom. The zero-order valence-electron chi connectivity index (χ0n) is 26.0. The fourth-order valence-corrected chi connectivity index (χ4v) is 14.6. The Bertz CT molecular complexity index is 629. The zero-order valence-corrected chi connectivity index (χ0v) is 28.0. The smallest absolute Gasteiger partial charge is 0.192 e. The van der Waals surface area contributed by atoms with Gasteiger partial charge in [-0.2, -0.15) is 0 Å². The molecule has 2 saturated carbocycles. The van der Waals surface area contributed by atoms with Gasteiger partial charge in [-0.15, -0.1) is 0 Å². The number of hydrogen-bond acceptors (Lipinski definition) is 3. The van der Waals surface area contributed by atoms with Crippen molar-refractivity contribution >= 4 is 16.6 Å². The summed E-state index contributed by atoms with van der Waals surface area (Å²) in [6.07, 6.45) is 9.15. The summed E-state index contributed by atoms with van der Waals surface area (Å²) in [6, 6.07) is 7.36. The average Bonchev–Trinajstić information content (AvgIpc) is 3.24. The molecule has 5 heteroatoms. The Kier molecular flexibility index (Phi) is 12.3. The molecule has 0 bridgehead atoms. The van der Waals surface area contributed by atoms with Crippen LogP contribution in [0.1, 0.15) is 114 Å². The standard InChI is InChI=1S/C31H64O3Si2/c1-11-35(12-2,13-3)33-29-18-17-22-31(10)27(19-20-28(29)31)25(7)26(24-32)21-23-30(8,9)34-36(14-4,15-5)16-6/h25-29,32H,11-24H2,1-10H3/t25-,26?,27?,28?,29-,31+/m0/s1. The van der Waals surface area contributed by atoms with Gasteiger partial charge < -0.3 is 14.0 Å². The van der Waals surface area contributed by atoms with E-state index in [9.17, 15) is 5.11 Å². The van der Waals surface area contributed by atoms with E-state index < -0.39 is 16.6 Å². The van der Waals surface area contributed by atoms with Crippen molar-refractivity contribution in [2.45, 2.75) is 162 Å². The second-order valence-corrected chi connectivity index (χ2v) is 22.9. The highest BCUT2D eigenvalue weighted by atomic mass is 28.4. The third kappa shape index (κ3) is 7.09. The first kappa shape index (κ1) is 32.5. The van der Waals surface area contributed by atoms with E-state index in [2.05, 4.69) is 69.2 Å². The van der Waals surface area contributed by atoms with Crippen LogP contribution in [0.2, 0.25) is 36.3 Å². The largest absolute Gasteiger partial charge is 0.414 e. The molecule has 2 aliphatic carbocycles. The topological polar surface area (TPSA) is 38.7 Å². The lowest BCUT2D eigenvalue weighted by Gasteiger charge is -2.49. The number of hydrogen-bond donors (Lipinski definition) is 1. The van der Waals surface area contributed by atoms with Crippen LogP contribution in [-0.4, -0.2) is 40.1 Å². The third-order valence-corrected chi connectivity index (χ3v) is 21.1. The van der Waals surface area contributed by atoms with Crippen molar-refractivity contribution in [1.82, 2.24) is 0 Å². The van der Waals surface area contributed by atoms with Crippen LogP contribution >= 0.6 is 0 Å². The van der Waals surface area contributed by atoms with Crippen molar-refractivity contribution in [2.24, 2.45) is 29.1 Å². The van der Waals surface area contributed by atoms with Gasteiger partial charge in [-0.1, -0.05) is 61.8 Å². The maximum atomic E-state index is 10.6. The molecule has 3 nitrogen and oxygen atoms in total. The van der Waals surface area contributed by atoms with Gasteiger partial charge in [-0.3, -0.25) is 0 Å². The van der Waals surface area contributed by atoms with Crippen molar-refractivity contribution in [2.75, 3.05) is 6.61 Å². The Labute approximate surface area is 228 Å². The molecular weight excluding hydrogens is 477 g/mol. The van der Waals surface area contributed by atoms with Gasteiger partial charge in [0.15, 0.2) is 16.6 Å². The summed E-state index contributed by atoms with van der Waals surface area (Å²) >= 11 is 0. The molecule has 0 radical (unpaired) electrons. The second kappa shape index (κ2) is 13.6. The van der Waals surface area contributed by atoms with Crippen LogP contribution in [0.25, 0.3) is 0 Å². The van der Waals surface area contributed by atoms with Crippen molar-refractivity contribution in [1.29, 1.82) is 0 Å². The van der Waals surface area contributed by atoms with Gasteiger partial charge in [0.05, 0.1) is 5.60 Å². The Morgan fingerprint density at radius 1 is 0.889 bits per heavy atom. The zero-order chi connectivity index (χ0) is 27.2. The molecule has 36 heavy (non-hydrogen) atoms. The van der Waals surface area contributed by atoms with Crippen molar-refractivity contribution in [3.63, 3.8) is 0 Å². The minimum atomic E-state index is -1.63. The summed E-state index contributed by atoms with van der Waals surface area (Å²) in [5.74, 6) is 2.33. The van der Waals surface area contributed by atoms with Crippen LogP contribution in [0.4, 0.5) is 0 Å². The van der Waals surface area contributed by atoms with E-state index in [4.69, 9.17) is 8.85 Å². The summed E-state index contributed by atoms with van der Waals surface area (Å²) in [7, 11) is -3.22. The predicted molar refractivity (Wildman–Crippen MR) is 162 cm³/mol. The van der Waals surface area contributed by atoms with Gasteiger partial charge in [0.25, 0.3) is 0 Å². The molecule has 3 unspecified atom stereocenters. The van der Waals surface area contributed by atoms with Gasteiger partial charge in [-0.25, -0.2) is 0 Å². The Morgan fingerprint density at radius 2 is 1.44 bits per heavy atom. The molecule has 2 rings (SSSR count). The number of rotatable bonds is 16. The van der Waals surface area contributed by atoms with Crippen LogP contribution in [0.5, 0.6) is 0 Å². The van der Waals surface area contributed by atoms with Crippen LogP contribution in [0.3, 0.4) is 0 Å². The van der Waals surface area contributed by atoms with Crippen LogP contribution < -0.4 is 0 Å². The Balaban J connectivity index is 2.11. The van der Waals surface area contributed by atoms with Gasteiger partial charge in [0.1, 0.15) is 0 Å². The van der Waals surface area contributed by atoms with E-state index in [-0.39, 0.29) is 5.60 Å². The maximum Gasteiger partial charge on any atom is 0.192 e. The first-order valence-corrected chi connectivity index (χ1v) is 21.0. The minimum Gasteiger partial charge on any atom is -0.414 e. The average molecular weight is 541 g/mol. The fraction of sp³-hybridized carbons (Fsp3) is 1.00. The van der Waals surface area contributed by atoms with Gasteiger partial charge >= 0.3 is 0 Å². The highest BCUT2D eigenvalue weighted by molar-refractivity contribution is 6.74. The molecule has 214 valence electrons. The lowest BCUT2D eigenvalue weighted by Crippen LogP contribution is -2.49. The second-order valence-electron chi connectivity index (χ2n) is 13.5. The molecule has 2 aliphatic rings. The van der Waals surface area contributed by atoms with Crippen molar-refractivity contribution in [3.8, 4) is 0 Å². The summed E-state index contributed by atoms with van der Waals surface area (Å²) in [5.41, 5.74) is 0.271. The molecule has 1 N–H and O–H groups in total. The molecule has 2 fully saturated rings. The van der Waals surface area contributed by atoms with E-state index in [0.717, 1.165) is 12.8 Å². The fourth-order valence-electron chi connectivity index (χ4n) is 8.47. The monoisotopic (exact) mass is 540 g/mol. The summed E-state index contributed by atoms with van der Waals surface area (Å²) in [6.45, 7) is 24.0. The van der Waals surface area contributed by atoms with Crippen LogP contribution in [0.15, 0.2) is 0 Å². The number of aliphatic hydroxyl groups is 1. The molecule has 0 aromatic heterocycles. The van der Waals surface area contributed by atoms with Crippen LogP contribution in [-0.2, 0) is 8.85 Å². The highest BCUT2D eigenvalue weighted by Crippen LogP contribution is 2.60. The van der Waals surface area contributed by atoms with E-state index in [1.165, 1.54) is 68.4 Å². The van der Waals surface area contributed by atoms with Gasteiger partial charge in [-0.05, 0) is 118 Å². The molecule has 0 aliphatic heterocycles. The minimum absolute atomic E-state index is 0.0955. The molecule has 6 atom stereocenters. The van der Waals surface area contributed by atoms with E-state index in [0.29, 0.717) is 41.8 Å². The normalized spacial score (nSPS) is 29.2. The lowest BCUT2D eigenvalue weighted by molar-refractivity contribution is -0.0320. The van der Waals surface area contributed by atoms with Gasteiger partial charge in [0.2, 0.25) is 0 Å². The van der Waals surface area contributed by atoms with Crippen molar-refractivity contribution in [3.05, 3.63) is 0 Å². The van der Waals surface area contributed by atoms with E-state index in [1.54, 1.807) is 0 Å². The first-order chi connectivity index (χ1) is 16.9. The third-order valence-electron chi connectivity index (χ3n) is 11.6. The summed E-state index contributed by atoms with van der Waals surface area (Å²) in [5, 5.41) is 10.6.